The Morgan fingerprint density at radius 1 is 1.15 bits per heavy atom. The predicted octanol–water partition coefficient (Wildman–Crippen LogP) is 3.62. The first-order chi connectivity index (χ1) is 12.1. The first-order valence-corrected chi connectivity index (χ1v) is 9.81. The van der Waals surface area contributed by atoms with Gasteiger partial charge in [0.15, 0.2) is 0 Å². The molecule has 0 spiro atoms. The number of hydrogen-bond acceptors (Lipinski definition) is 4. The topological polar surface area (TPSA) is 84.5 Å². The Hall–Kier alpha value is -1.80. The van der Waals surface area contributed by atoms with Crippen molar-refractivity contribution in [3.8, 4) is 5.75 Å². The van der Waals surface area contributed by atoms with Crippen LogP contribution in [0.4, 0.5) is 5.69 Å². The summed E-state index contributed by atoms with van der Waals surface area (Å²) >= 11 is 11.8. The molecule has 0 heterocycles. The summed E-state index contributed by atoms with van der Waals surface area (Å²) in [5.74, 6) is 0.0233. The van der Waals surface area contributed by atoms with Gasteiger partial charge in [0.2, 0.25) is 15.9 Å². The van der Waals surface area contributed by atoms with Crippen molar-refractivity contribution in [3.05, 3.63) is 52.0 Å². The van der Waals surface area contributed by atoms with E-state index in [2.05, 4.69) is 10.0 Å². The highest BCUT2D eigenvalue weighted by Gasteiger charge is 2.23. The Kier molecular flexibility index (Phi) is 6.52. The van der Waals surface area contributed by atoms with E-state index in [0.29, 0.717) is 22.0 Å². The minimum absolute atomic E-state index is 0.0416. The van der Waals surface area contributed by atoms with E-state index in [1.807, 2.05) is 0 Å². The number of ether oxygens (including phenoxy) is 1. The van der Waals surface area contributed by atoms with Gasteiger partial charge in [0.05, 0.1) is 28.8 Å². The monoisotopic (exact) mass is 416 g/mol. The van der Waals surface area contributed by atoms with E-state index in [1.54, 1.807) is 19.1 Å². The standard InChI is InChI=1S/C17H18Cl2N2O4S/c1-10-8-13(5-7-16(10)25-3)26(23,24)21-11(2)17(22)20-15-6-4-12(18)9-14(15)19/h4-9,11,21H,1-3H3,(H,20,22). The van der Waals surface area contributed by atoms with Gasteiger partial charge in [0.1, 0.15) is 5.75 Å². The number of carbonyl (C=O) groups is 1. The minimum atomic E-state index is -3.88. The van der Waals surface area contributed by atoms with E-state index < -0.39 is 22.0 Å². The van der Waals surface area contributed by atoms with Gasteiger partial charge in [-0.1, -0.05) is 23.2 Å². The highest BCUT2D eigenvalue weighted by molar-refractivity contribution is 7.89. The highest BCUT2D eigenvalue weighted by atomic mass is 35.5. The molecule has 2 aromatic rings. The number of aryl methyl sites for hydroxylation is 1. The molecule has 2 rings (SSSR count). The molecule has 26 heavy (non-hydrogen) atoms. The lowest BCUT2D eigenvalue weighted by atomic mass is 10.2. The molecule has 1 amide bonds. The molecular formula is C17H18Cl2N2O4S. The van der Waals surface area contributed by atoms with Crippen LogP contribution in [-0.2, 0) is 14.8 Å². The molecule has 6 nitrogen and oxygen atoms in total. The summed E-state index contributed by atoms with van der Waals surface area (Å²) in [6.45, 7) is 3.17. The molecule has 0 fully saturated rings. The predicted molar refractivity (Wildman–Crippen MR) is 103 cm³/mol. The minimum Gasteiger partial charge on any atom is -0.496 e. The molecule has 0 bridgehead atoms. The van der Waals surface area contributed by atoms with E-state index >= 15 is 0 Å². The maximum atomic E-state index is 12.5. The van der Waals surface area contributed by atoms with Gasteiger partial charge in [-0.3, -0.25) is 4.79 Å². The molecule has 0 radical (unpaired) electrons. The fourth-order valence-corrected chi connectivity index (χ4v) is 3.95. The molecule has 0 aromatic heterocycles. The Morgan fingerprint density at radius 2 is 1.85 bits per heavy atom. The van der Waals surface area contributed by atoms with E-state index in [0.717, 1.165) is 0 Å². The van der Waals surface area contributed by atoms with Crippen molar-refractivity contribution < 1.29 is 17.9 Å². The second-order valence-corrected chi connectivity index (χ2v) is 8.15. The van der Waals surface area contributed by atoms with Gasteiger partial charge in [0.25, 0.3) is 0 Å². The fourth-order valence-electron chi connectivity index (χ4n) is 2.20. The van der Waals surface area contributed by atoms with Gasteiger partial charge in [-0.05, 0) is 55.8 Å². The Balaban J connectivity index is 2.13. The number of anilines is 1. The summed E-state index contributed by atoms with van der Waals surface area (Å²) in [5, 5.41) is 3.25. The van der Waals surface area contributed by atoms with Crippen LogP contribution in [0, 0.1) is 6.92 Å². The van der Waals surface area contributed by atoms with Crippen LogP contribution in [0.5, 0.6) is 5.75 Å². The lowest BCUT2D eigenvalue weighted by Gasteiger charge is -2.16. The van der Waals surface area contributed by atoms with E-state index in [4.69, 9.17) is 27.9 Å². The van der Waals surface area contributed by atoms with Crippen molar-refractivity contribution in [2.45, 2.75) is 24.8 Å². The maximum Gasteiger partial charge on any atom is 0.242 e. The smallest absolute Gasteiger partial charge is 0.242 e. The van der Waals surface area contributed by atoms with Crippen LogP contribution in [0.1, 0.15) is 12.5 Å². The summed E-state index contributed by atoms with van der Waals surface area (Å²) in [5.41, 5.74) is 1.01. The average molecular weight is 417 g/mol. The molecule has 0 aliphatic carbocycles. The maximum absolute atomic E-state index is 12.5. The van der Waals surface area contributed by atoms with Crippen molar-refractivity contribution in [2.75, 3.05) is 12.4 Å². The number of amides is 1. The number of rotatable bonds is 6. The lowest BCUT2D eigenvalue weighted by Crippen LogP contribution is -2.41. The van der Waals surface area contributed by atoms with Gasteiger partial charge in [-0.25, -0.2) is 8.42 Å². The van der Waals surface area contributed by atoms with Crippen molar-refractivity contribution in [3.63, 3.8) is 0 Å². The number of hydrogen-bond donors (Lipinski definition) is 2. The number of nitrogens with one attached hydrogen (secondary N) is 2. The van der Waals surface area contributed by atoms with Gasteiger partial charge in [0, 0.05) is 5.02 Å². The van der Waals surface area contributed by atoms with Crippen LogP contribution < -0.4 is 14.8 Å². The molecule has 0 aliphatic heterocycles. The molecule has 0 aliphatic rings. The van der Waals surface area contributed by atoms with E-state index in [9.17, 15) is 13.2 Å². The van der Waals surface area contributed by atoms with Crippen molar-refractivity contribution in [1.82, 2.24) is 4.72 Å². The summed E-state index contributed by atoms with van der Waals surface area (Å²) < 4.78 is 32.4. The zero-order chi connectivity index (χ0) is 19.5. The van der Waals surface area contributed by atoms with Crippen LogP contribution >= 0.6 is 23.2 Å². The largest absolute Gasteiger partial charge is 0.496 e. The van der Waals surface area contributed by atoms with Gasteiger partial charge < -0.3 is 10.1 Å². The number of sulfonamides is 1. The molecule has 1 atom stereocenters. The molecule has 1 unspecified atom stereocenters. The van der Waals surface area contributed by atoms with Crippen LogP contribution in [0.3, 0.4) is 0 Å². The van der Waals surface area contributed by atoms with Gasteiger partial charge >= 0.3 is 0 Å². The normalized spacial score (nSPS) is 12.5. The first-order valence-electron chi connectivity index (χ1n) is 7.57. The summed E-state index contributed by atoms with van der Waals surface area (Å²) in [4.78, 5) is 12.3. The molecule has 2 aromatic carbocycles. The summed E-state index contributed by atoms with van der Waals surface area (Å²) in [6.07, 6.45) is 0. The third-order valence-corrected chi connectivity index (χ3v) is 5.68. The van der Waals surface area contributed by atoms with Crippen molar-refractivity contribution in [2.24, 2.45) is 0 Å². The van der Waals surface area contributed by atoms with Crippen molar-refractivity contribution in [1.29, 1.82) is 0 Å². The SMILES string of the molecule is COc1ccc(S(=O)(=O)NC(C)C(=O)Nc2ccc(Cl)cc2Cl)cc1C. The van der Waals surface area contributed by atoms with Crippen LogP contribution in [0.15, 0.2) is 41.3 Å². The van der Waals surface area contributed by atoms with Crippen LogP contribution in [0.2, 0.25) is 10.0 Å². The molecule has 0 saturated carbocycles. The average Bonchev–Trinajstić information content (AvgIpc) is 2.56. The summed E-state index contributed by atoms with van der Waals surface area (Å²) in [7, 11) is -2.38. The zero-order valence-corrected chi connectivity index (χ0v) is 16.7. The lowest BCUT2D eigenvalue weighted by molar-refractivity contribution is -0.117. The quantitative estimate of drug-likeness (QED) is 0.752. The summed E-state index contributed by atoms with van der Waals surface area (Å²) in [6, 6.07) is 8.01. The number of methoxy groups -OCH3 is 1. The third kappa shape index (κ3) is 4.88. The molecule has 9 heteroatoms. The number of benzene rings is 2. The number of halogens is 2. The van der Waals surface area contributed by atoms with Crippen LogP contribution in [0.25, 0.3) is 0 Å². The van der Waals surface area contributed by atoms with Gasteiger partial charge in [-0.15, -0.1) is 0 Å². The highest BCUT2D eigenvalue weighted by Crippen LogP contribution is 2.25. The third-order valence-electron chi connectivity index (χ3n) is 3.59. The Labute approximate surface area is 162 Å². The second-order valence-electron chi connectivity index (χ2n) is 5.59. The first kappa shape index (κ1) is 20.5. The molecule has 0 saturated heterocycles. The Morgan fingerprint density at radius 3 is 2.42 bits per heavy atom. The fraction of sp³-hybridized carbons (Fsp3) is 0.235. The van der Waals surface area contributed by atoms with Crippen molar-refractivity contribution >= 4 is 44.8 Å². The molecular weight excluding hydrogens is 399 g/mol. The number of carbonyl (C=O) groups excluding carboxylic acids is 1. The van der Waals surface area contributed by atoms with Gasteiger partial charge in [-0.2, -0.15) is 4.72 Å². The van der Waals surface area contributed by atoms with E-state index in [1.165, 1.54) is 38.3 Å². The van der Waals surface area contributed by atoms with Crippen LogP contribution in [-0.4, -0.2) is 27.5 Å². The second kappa shape index (κ2) is 8.26. The van der Waals surface area contributed by atoms with E-state index in [-0.39, 0.29) is 9.92 Å². The Bertz CT molecular complexity index is 932. The molecule has 140 valence electrons. The molecule has 2 N–H and O–H groups in total. The zero-order valence-electron chi connectivity index (χ0n) is 14.3.